The van der Waals surface area contributed by atoms with Crippen molar-refractivity contribution in [2.45, 2.75) is 38.9 Å². The minimum atomic E-state index is -0.193. The molecule has 2 amide bonds. The molecule has 0 bridgehead atoms. The SMILES string of the molecule is CCn1c(CC(=O)Nc2ccc(OC)cc2)nnc1SCC(=O)Nc1ccc(C)c(C)c1. The number of hydrogen-bond donors (Lipinski definition) is 2. The minimum absolute atomic E-state index is 0.0856. The number of carbonyl (C=O) groups is 2. The van der Waals surface area contributed by atoms with Gasteiger partial charge in [0.15, 0.2) is 5.16 Å². The number of nitrogens with zero attached hydrogens (tertiary/aromatic N) is 3. The average molecular weight is 454 g/mol. The Bertz CT molecular complexity index is 1100. The molecule has 1 aromatic heterocycles. The van der Waals surface area contributed by atoms with E-state index < -0.39 is 0 Å². The number of ether oxygens (including phenoxy) is 1. The maximum atomic E-state index is 12.4. The third kappa shape index (κ3) is 6.10. The molecular formula is C23H27N5O3S. The van der Waals surface area contributed by atoms with E-state index in [0.29, 0.717) is 23.2 Å². The van der Waals surface area contributed by atoms with Crippen molar-refractivity contribution in [3.8, 4) is 5.75 Å². The molecule has 3 rings (SSSR count). The first-order chi connectivity index (χ1) is 15.4. The highest BCUT2D eigenvalue weighted by atomic mass is 32.2. The molecule has 0 aliphatic rings. The molecule has 0 aliphatic carbocycles. The van der Waals surface area contributed by atoms with Gasteiger partial charge in [0.25, 0.3) is 0 Å². The summed E-state index contributed by atoms with van der Waals surface area (Å²) in [4.78, 5) is 24.8. The first-order valence-electron chi connectivity index (χ1n) is 10.3. The first-order valence-corrected chi connectivity index (χ1v) is 11.2. The van der Waals surface area contributed by atoms with Crippen LogP contribution in [0.2, 0.25) is 0 Å². The molecule has 168 valence electrons. The summed E-state index contributed by atoms with van der Waals surface area (Å²) in [6.07, 6.45) is 0.0856. The predicted molar refractivity (Wildman–Crippen MR) is 126 cm³/mol. The van der Waals surface area contributed by atoms with Gasteiger partial charge in [0.1, 0.15) is 11.6 Å². The second-order valence-electron chi connectivity index (χ2n) is 7.23. The van der Waals surface area contributed by atoms with Crippen LogP contribution in [0.1, 0.15) is 23.9 Å². The van der Waals surface area contributed by atoms with Gasteiger partial charge in [-0.15, -0.1) is 10.2 Å². The fourth-order valence-corrected chi connectivity index (χ4v) is 3.86. The number of rotatable bonds is 9. The van der Waals surface area contributed by atoms with Gasteiger partial charge in [-0.05, 0) is 68.3 Å². The van der Waals surface area contributed by atoms with E-state index in [1.165, 1.54) is 17.3 Å². The van der Waals surface area contributed by atoms with Crippen molar-refractivity contribution in [3.63, 3.8) is 0 Å². The molecule has 9 heteroatoms. The van der Waals surface area contributed by atoms with Gasteiger partial charge in [-0.1, -0.05) is 17.8 Å². The van der Waals surface area contributed by atoms with Crippen molar-refractivity contribution in [1.82, 2.24) is 14.8 Å². The Morgan fingerprint density at radius 1 is 0.969 bits per heavy atom. The zero-order valence-corrected chi connectivity index (χ0v) is 19.5. The second kappa shape index (κ2) is 10.8. The first kappa shape index (κ1) is 23.3. The van der Waals surface area contributed by atoms with E-state index in [0.717, 1.165) is 17.0 Å². The summed E-state index contributed by atoms with van der Waals surface area (Å²) in [5.41, 5.74) is 3.75. The average Bonchev–Trinajstić information content (AvgIpc) is 3.16. The molecule has 0 aliphatic heterocycles. The van der Waals surface area contributed by atoms with Crippen LogP contribution in [0.3, 0.4) is 0 Å². The molecule has 2 aromatic carbocycles. The third-order valence-corrected chi connectivity index (χ3v) is 5.89. The molecule has 0 fully saturated rings. The summed E-state index contributed by atoms with van der Waals surface area (Å²) in [6, 6.07) is 12.9. The number of thioether (sulfide) groups is 1. The Kier molecular flexibility index (Phi) is 7.88. The smallest absolute Gasteiger partial charge is 0.234 e. The largest absolute Gasteiger partial charge is 0.497 e. The highest BCUT2D eigenvalue weighted by molar-refractivity contribution is 7.99. The van der Waals surface area contributed by atoms with Gasteiger partial charge in [-0.3, -0.25) is 9.59 Å². The molecule has 3 aromatic rings. The standard InChI is InChI=1S/C23H27N5O3S/c1-5-28-20(13-21(29)24-17-8-10-19(31-4)11-9-17)26-27-23(28)32-14-22(30)25-18-7-6-15(2)16(3)12-18/h6-12H,5,13-14H2,1-4H3,(H,24,29)(H,25,30). The van der Waals surface area contributed by atoms with E-state index in [4.69, 9.17) is 4.74 Å². The van der Waals surface area contributed by atoms with Gasteiger partial charge in [0.2, 0.25) is 11.8 Å². The van der Waals surface area contributed by atoms with Gasteiger partial charge in [0, 0.05) is 17.9 Å². The van der Waals surface area contributed by atoms with Gasteiger partial charge < -0.3 is 19.9 Å². The lowest BCUT2D eigenvalue weighted by Gasteiger charge is -2.09. The number of methoxy groups -OCH3 is 1. The van der Waals surface area contributed by atoms with Crippen LogP contribution in [-0.4, -0.2) is 39.4 Å². The van der Waals surface area contributed by atoms with Crippen molar-refractivity contribution in [1.29, 1.82) is 0 Å². The highest BCUT2D eigenvalue weighted by Crippen LogP contribution is 2.20. The number of amides is 2. The molecule has 8 nitrogen and oxygen atoms in total. The zero-order chi connectivity index (χ0) is 23.1. The van der Waals surface area contributed by atoms with Crippen LogP contribution in [0.25, 0.3) is 0 Å². The van der Waals surface area contributed by atoms with Crippen LogP contribution in [0, 0.1) is 13.8 Å². The van der Waals surface area contributed by atoms with Crippen LogP contribution in [0.5, 0.6) is 5.75 Å². The monoisotopic (exact) mass is 453 g/mol. The van der Waals surface area contributed by atoms with Crippen molar-refractivity contribution in [3.05, 3.63) is 59.4 Å². The van der Waals surface area contributed by atoms with Crippen molar-refractivity contribution in [2.75, 3.05) is 23.5 Å². The molecule has 0 saturated carbocycles. The van der Waals surface area contributed by atoms with Crippen molar-refractivity contribution in [2.24, 2.45) is 0 Å². The summed E-state index contributed by atoms with van der Waals surface area (Å²) in [5.74, 6) is 1.15. The minimum Gasteiger partial charge on any atom is -0.497 e. The van der Waals surface area contributed by atoms with Crippen molar-refractivity contribution < 1.29 is 14.3 Å². The van der Waals surface area contributed by atoms with Crippen LogP contribution in [0.15, 0.2) is 47.6 Å². The Balaban J connectivity index is 1.56. The number of hydrogen-bond acceptors (Lipinski definition) is 6. The Morgan fingerprint density at radius 3 is 2.31 bits per heavy atom. The summed E-state index contributed by atoms with van der Waals surface area (Å²) in [6.45, 7) is 6.59. The maximum Gasteiger partial charge on any atom is 0.234 e. The van der Waals surface area contributed by atoms with E-state index in [1.54, 1.807) is 31.4 Å². The lowest BCUT2D eigenvalue weighted by molar-refractivity contribution is -0.116. The molecule has 0 unspecified atom stereocenters. The normalized spacial score (nSPS) is 10.6. The lowest BCUT2D eigenvalue weighted by Crippen LogP contribution is -2.18. The fourth-order valence-electron chi connectivity index (χ4n) is 3.04. The summed E-state index contributed by atoms with van der Waals surface area (Å²) >= 11 is 1.29. The predicted octanol–water partition coefficient (Wildman–Crippen LogP) is 3.84. The molecular weight excluding hydrogens is 426 g/mol. The van der Waals surface area contributed by atoms with E-state index in [-0.39, 0.29) is 24.0 Å². The lowest BCUT2D eigenvalue weighted by atomic mass is 10.1. The number of aromatic nitrogens is 3. The van der Waals surface area contributed by atoms with E-state index in [2.05, 4.69) is 20.8 Å². The van der Waals surface area contributed by atoms with Crippen LogP contribution in [0.4, 0.5) is 11.4 Å². The quantitative estimate of drug-likeness (QED) is 0.478. The molecule has 0 radical (unpaired) electrons. The summed E-state index contributed by atoms with van der Waals surface area (Å²) in [5, 5.41) is 14.7. The van der Waals surface area contributed by atoms with Gasteiger partial charge in [-0.2, -0.15) is 0 Å². The molecule has 0 atom stereocenters. The fraction of sp³-hybridized carbons (Fsp3) is 0.304. The Labute approximate surface area is 191 Å². The van der Waals surface area contributed by atoms with Crippen LogP contribution < -0.4 is 15.4 Å². The number of carbonyl (C=O) groups excluding carboxylic acids is 2. The Hall–Kier alpha value is -3.33. The van der Waals surface area contributed by atoms with Gasteiger partial charge in [0.05, 0.1) is 19.3 Å². The third-order valence-electron chi connectivity index (χ3n) is 4.93. The number of anilines is 2. The number of benzene rings is 2. The number of aryl methyl sites for hydroxylation is 2. The van der Waals surface area contributed by atoms with Crippen LogP contribution in [-0.2, 0) is 22.6 Å². The van der Waals surface area contributed by atoms with Crippen molar-refractivity contribution >= 4 is 35.0 Å². The van der Waals surface area contributed by atoms with Gasteiger partial charge >= 0.3 is 0 Å². The molecule has 32 heavy (non-hydrogen) atoms. The Morgan fingerprint density at radius 2 is 1.66 bits per heavy atom. The number of nitrogens with one attached hydrogen (secondary N) is 2. The van der Waals surface area contributed by atoms with Crippen LogP contribution >= 0.6 is 11.8 Å². The molecule has 0 saturated heterocycles. The molecule has 0 spiro atoms. The second-order valence-corrected chi connectivity index (χ2v) is 8.17. The highest BCUT2D eigenvalue weighted by Gasteiger charge is 2.16. The van der Waals surface area contributed by atoms with Gasteiger partial charge in [-0.25, -0.2) is 0 Å². The van der Waals surface area contributed by atoms with E-state index in [1.807, 2.05) is 43.5 Å². The molecule has 2 N–H and O–H groups in total. The maximum absolute atomic E-state index is 12.4. The summed E-state index contributed by atoms with van der Waals surface area (Å²) < 4.78 is 6.97. The molecule has 1 heterocycles. The van der Waals surface area contributed by atoms with E-state index in [9.17, 15) is 9.59 Å². The topological polar surface area (TPSA) is 98.1 Å². The summed E-state index contributed by atoms with van der Waals surface area (Å²) in [7, 11) is 1.59. The van der Waals surface area contributed by atoms with E-state index >= 15 is 0 Å². The zero-order valence-electron chi connectivity index (χ0n) is 18.6.